The highest BCUT2D eigenvalue weighted by molar-refractivity contribution is 9.09. The molecule has 0 aromatic rings. The van der Waals surface area contributed by atoms with E-state index < -0.39 is 0 Å². The first-order chi connectivity index (χ1) is 7.52. The molecule has 2 bridgehead atoms. The maximum absolute atomic E-state index is 5.50. The topological polar surface area (TPSA) is 12.5 Å². The number of nitrogens with zero attached hydrogens (tertiary/aromatic N) is 1. The van der Waals surface area contributed by atoms with Crippen molar-refractivity contribution in [2.24, 2.45) is 0 Å². The Morgan fingerprint density at radius 2 is 1.81 bits per heavy atom. The molecule has 2 saturated heterocycles. The van der Waals surface area contributed by atoms with Crippen molar-refractivity contribution in [1.82, 2.24) is 4.90 Å². The van der Waals surface area contributed by atoms with Crippen LogP contribution >= 0.6 is 15.9 Å². The summed E-state index contributed by atoms with van der Waals surface area (Å²) in [6.07, 6.45) is 6.62. The van der Waals surface area contributed by atoms with Gasteiger partial charge in [-0.3, -0.25) is 4.90 Å². The molecule has 94 valence electrons. The van der Waals surface area contributed by atoms with Crippen molar-refractivity contribution >= 4 is 15.9 Å². The molecule has 2 aliphatic rings. The molecule has 0 radical (unpaired) electrons. The minimum absolute atomic E-state index is 0.0324. The summed E-state index contributed by atoms with van der Waals surface area (Å²) < 4.78 is 5.50. The molecule has 2 nitrogen and oxygen atoms in total. The fourth-order valence-electron chi connectivity index (χ4n) is 3.07. The van der Waals surface area contributed by atoms with Crippen LogP contribution in [0.15, 0.2) is 0 Å². The first-order valence-corrected chi connectivity index (χ1v) is 7.38. The van der Waals surface area contributed by atoms with E-state index in [9.17, 15) is 0 Å². The summed E-state index contributed by atoms with van der Waals surface area (Å²) >= 11 is 3.79. The number of ether oxygens (including phenoxy) is 1. The van der Waals surface area contributed by atoms with Crippen LogP contribution in [0.25, 0.3) is 0 Å². The van der Waals surface area contributed by atoms with Crippen LogP contribution in [-0.4, -0.2) is 41.1 Å². The number of hydrogen-bond acceptors (Lipinski definition) is 2. The molecular weight excluding hydrogens is 266 g/mol. The van der Waals surface area contributed by atoms with E-state index >= 15 is 0 Å². The van der Waals surface area contributed by atoms with E-state index in [1.165, 1.54) is 32.2 Å². The van der Waals surface area contributed by atoms with E-state index in [1.54, 1.807) is 0 Å². The standard InChI is InChI=1S/C13H24BrNO/c1-13(2,16-3)6-7-15-11-4-5-12(15)9-10(14)8-11/h10-12H,4-9H2,1-3H3. The SMILES string of the molecule is COC(C)(C)CCN1C2CCC1CC(Br)C2. The quantitative estimate of drug-likeness (QED) is 0.737. The van der Waals surface area contributed by atoms with Crippen LogP contribution < -0.4 is 0 Å². The predicted octanol–water partition coefficient (Wildman–Crippen LogP) is 3.19. The Kier molecular flexibility index (Phi) is 3.97. The van der Waals surface area contributed by atoms with E-state index in [4.69, 9.17) is 4.74 Å². The molecule has 3 heteroatoms. The van der Waals surface area contributed by atoms with Crippen LogP contribution in [0, 0.1) is 0 Å². The van der Waals surface area contributed by atoms with Gasteiger partial charge in [0, 0.05) is 30.6 Å². The molecule has 0 amide bonds. The minimum Gasteiger partial charge on any atom is -0.379 e. The minimum atomic E-state index is 0.0324. The van der Waals surface area contributed by atoms with Crippen molar-refractivity contribution in [2.45, 2.75) is 68.5 Å². The molecule has 2 aliphatic heterocycles. The zero-order valence-corrected chi connectivity index (χ0v) is 12.3. The van der Waals surface area contributed by atoms with Gasteiger partial charge in [0.15, 0.2) is 0 Å². The molecule has 16 heavy (non-hydrogen) atoms. The molecule has 0 spiro atoms. The molecular formula is C13H24BrNO. The number of fused-ring (bicyclic) bond motifs is 2. The summed E-state index contributed by atoms with van der Waals surface area (Å²) in [6.45, 7) is 5.58. The summed E-state index contributed by atoms with van der Waals surface area (Å²) in [5.41, 5.74) is 0.0324. The van der Waals surface area contributed by atoms with Gasteiger partial charge in [0.1, 0.15) is 0 Å². The van der Waals surface area contributed by atoms with Gasteiger partial charge in [0.05, 0.1) is 5.60 Å². The van der Waals surface area contributed by atoms with Gasteiger partial charge in [-0.15, -0.1) is 0 Å². The van der Waals surface area contributed by atoms with E-state index in [-0.39, 0.29) is 5.60 Å². The molecule has 2 rings (SSSR count). The van der Waals surface area contributed by atoms with Gasteiger partial charge in [-0.1, -0.05) is 15.9 Å². The lowest BCUT2D eigenvalue weighted by molar-refractivity contribution is 0.000228. The van der Waals surface area contributed by atoms with Crippen molar-refractivity contribution in [1.29, 1.82) is 0 Å². The number of hydrogen-bond donors (Lipinski definition) is 0. The average Bonchev–Trinajstić information content (AvgIpc) is 2.47. The van der Waals surface area contributed by atoms with Crippen molar-refractivity contribution in [3.05, 3.63) is 0 Å². The lowest BCUT2D eigenvalue weighted by atomic mass is 9.99. The van der Waals surface area contributed by atoms with Crippen LogP contribution in [0.1, 0.15) is 46.0 Å². The second-order valence-electron chi connectivity index (χ2n) is 5.91. The molecule has 0 saturated carbocycles. The second-order valence-corrected chi connectivity index (χ2v) is 7.20. The Bertz CT molecular complexity index is 230. The molecule has 0 aliphatic carbocycles. The third kappa shape index (κ3) is 2.80. The van der Waals surface area contributed by atoms with Crippen molar-refractivity contribution in [3.8, 4) is 0 Å². The van der Waals surface area contributed by atoms with Gasteiger partial charge < -0.3 is 4.74 Å². The first-order valence-electron chi connectivity index (χ1n) is 6.47. The van der Waals surface area contributed by atoms with Crippen LogP contribution in [0.4, 0.5) is 0 Å². The highest BCUT2D eigenvalue weighted by Crippen LogP contribution is 2.38. The Hall–Kier alpha value is 0.400. The van der Waals surface area contributed by atoms with Gasteiger partial charge in [-0.2, -0.15) is 0 Å². The Morgan fingerprint density at radius 3 is 2.31 bits per heavy atom. The third-order valence-corrected chi connectivity index (χ3v) is 5.10. The monoisotopic (exact) mass is 289 g/mol. The lowest BCUT2D eigenvalue weighted by Crippen LogP contribution is -2.45. The van der Waals surface area contributed by atoms with Gasteiger partial charge in [-0.25, -0.2) is 0 Å². The van der Waals surface area contributed by atoms with E-state index in [1.807, 2.05) is 7.11 Å². The Balaban J connectivity index is 1.87. The highest BCUT2D eigenvalue weighted by atomic mass is 79.9. The molecule has 0 N–H and O–H groups in total. The summed E-state index contributed by atoms with van der Waals surface area (Å²) in [4.78, 5) is 3.50. The fourth-order valence-corrected chi connectivity index (χ4v) is 3.94. The van der Waals surface area contributed by atoms with Crippen molar-refractivity contribution < 1.29 is 4.74 Å². The van der Waals surface area contributed by atoms with Crippen LogP contribution in [0.2, 0.25) is 0 Å². The van der Waals surface area contributed by atoms with E-state index in [0.29, 0.717) is 0 Å². The fraction of sp³-hybridized carbons (Fsp3) is 1.00. The summed E-state index contributed by atoms with van der Waals surface area (Å²) in [5.74, 6) is 0. The smallest absolute Gasteiger partial charge is 0.0634 e. The number of methoxy groups -OCH3 is 1. The molecule has 2 unspecified atom stereocenters. The van der Waals surface area contributed by atoms with Gasteiger partial charge >= 0.3 is 0 Å². The Labute approximate surface area is 108 Å². The van der Waals surface area contributed by atoms with E-state index in [2.05, 4.69) is 34.7 Å². The number of halogens is 1. The van der Waals surface area contributed by atoms with Crippen LogP contribution in [0.3, 0.4) is 0 Å². The van der Waals surface area contributed by atoms with Gasteiger partial charge in [0.2, 0.25) is 0 Å². The average molecular weight is 290 g/mol. The zero-order valence-electron chi connectivity index (χ0n) is 10.7. The summed E-state index contributed by atoms with van der Waals surface area (Å²) in [6, 6.07) is 1.66. The number of alkyl halides is 1. The van der Waals surface area contributed by atoms with Crippen LogP contribution in [-0.2, 0) is 4.74 Å². The molecule has 0 aromatic carbocycles. The van der Waals surface area contributed by atoms with Crippen molar-refractivity contribution in [3.63, 3.8) is 0 Å². The summed E-state index contributed by atoms with van der Waals surface area (Å²) in [5, 5.41) is 0. The van der Waals surface area contributed by atoms with Gasteiger partial charge in [0.25, 0.3) is 0 Å². The highest BCUT2D eigenvalue weighted by Gasteiger charge is 2.39. The molecule has 2 heterocycles. The Morgan fingerprint density at radius 1 is 1.25 bits per heavy atom. The predicted molar refractivity (Wildman–Crippen MR) is 71.2 cm³/mol. The summed E-state index contributed by atoms with van der Waals surface area (Å²) in [7, 11) is 1.82. The largest absolute Gasteiger partial charge is 0.379 e. The number of rotatable bonds is 4. The lowest BCUT2D eigenvalue weighted by Gasteiger charge is -2.38. The van der Waals surface area contributed by atoms with E-state index in [0.717, 1.165) is 23.3 Å². The maximum Gasteiger partial charge on any atom is 0.0634 e. The number of piperidine rings is 1. The van der Waals surface area contributed by atoms with Crippen molar-refractivity contribution in [2.75, 3.05) is 13.7 Å². The molecule has 0 aromatic heterocycles. The van der Waals surface area contributed by atoms with Crippen LogP contribution in [0.5, 0.6) is 0 Å². The normalized spacial score (nSPS) is 35.6. The zero-order chi connectivity index (χ0) is 11.8. The maximum atomic E-state index is 5.50. The molecule has 2 atom stereocenters. The first kappa shape index (κ1) is 12.8. The molecule has 2 fully saturated rings. The second kappa shape index (κ2) is 4.95. The van der Waals surface area contributed by atoms with Gasteiger partial charge in [-0.05, 0) is 46.0 Å². The third-order valence-electron chi connectivity index (χ3n) is 4.35.